The van der Waals surface area contributed by atoms with Gasteiger partial charge in [0.25, 0.3) is 16.7 Å². The van der Waals surface area contributed by atoms with Gasteiger partial charge in [-0.15, -0.1) is 0 Å². The van der Waals surface area contributed by atoms with E-state index in [2.05, 4.69) is 24.9 Å². The molecule has 0 aromatic carbocycles. The van der Waals surface area contributed by atoms with Crippen molar-refractivity contribution in [3.05, 3.63) is 81.9 Å². The number of aliphatic hydroxyl groups excluding tert-OH is 1. The van der Waals surface area contributed by atoms with Crippen LogP contribution in [0.2, 0.25) is 0 Å². The molecule has 0 bridgehead atoms. The van der Waals surface area contributed by atoms with Gasteiger partial charge in [-0.25, -0.2) is 14.6 Å². The number of hydrogen-bond donors (Lipinski definition) is 5. The lowest BCUT2D eigenvalue weighted by atomic mass is 10.1. The Kier molecular flexibility index (Phi) is 20.4. The Morgan fingerprint density at radius 3 is 1.97 bits per heavy atom. The SMILES string of the molecule is CO[C@H]1C(OP(=O)([S-])OCCCO)[C@@H](COP([O-])(=S)OC2C[C@H](n3cc(C)c(=O)[nH]c3=O)O[C@@H]2COP(=S)([S-])OC2C[C@H](n3cnc4c(=O)[nH]c(N)nc43)O[C@@H]2COP([O-])(=S)OC(C)C)O[C@H]1n1cc(C)c(=O)[nH]c1=O. The van der Waals surface area contributed by atoms with Crippen molar-refractivity contribution in [1.29, 1.82) is 0 Å². The number of imidazole rings is 1. The number of H-pyrrole nitrogens is 3. The highest BCUT2D eigenvalue weighted by atomic mass is 32.9. The van der Waals surface area contributed by atoms with E-state index in [1.807, 2.05) is 0 Å². The second kappa shape index (κ2) is 25.3. The maximum Gasteiger partial charge on any atom is 0.330 e. The fraction of sp³-hybridized carbons (Fsp3) is 0.649. The number of nitrogens with zero attached hydrogens (tertiary/aromatic N) is 5. The van der Waals surface area contributed by atoms with Crippen molar-refractivity contribution in [2.24, 2.45) is 0 Å². The molecular formula is C37H51N9O21P4S5-4. The van der Waals surface area contributed by atoms with E-state index in [4.69, 9.17) is 121 Å². The lowest BCUT2D eigenvalue weighted by Gasteiger charge is -2.36. The molecule has 39 heteroatoms. The topological polar surface area (TPSA) is 393 Å². The van der Waals surface area contributed by atoms with E-state index in [-0.39, 0.29) is 60.7 Å². The third-order valence-electron chi connectivity index (χ3n) is 11.4. The van der Waals surface area contributed by atoms with Crippen molar-refractivity contribution in [2.45, 2.75) is 114 Å². The molecule has 0 amide bonds. The molecular weight excluding hydrogens is 1190 g/mol. The molecule has 424 valence electrons. The third kappa shape index (κ3) is 15.4. The van der Waals surface area contributed by atoms with Gasteiger partial charge in [0.2, 0.25) is 5.95 Å². The summed E-state index contributed by atoms with van der Waals surface area (Å²) >= 11 is 26.9. The molecule has 14 atom stereocenters. The van der Waals surface area contributed by atoms with E-state index in [0.29, 0.717) is 0 Å². The van der Waals surface area contributed by atoms with Gasteiger partial charge in [0.05, 0.1) is 56.8 Å². The Bertz CT molecular complexity index is 3250. The number of rotatable bonds is 25. The fourth-order valence-corrected chi connectivity index (χ4v) is 14.6. The van der Waals surface area contributed by atoms with Gasteiger partial charge in [0.15, 0.2) is 24.2 Å². The smallest absolute Gasteiger partial charge is 0.330 e. The highest BCUT2D eigenvalue weighted by molar-refractivity contribution is 8.51. The minimum atomic E-state index is -4.74. The van der Waals surface area contributed by atoms with Gasteiger partial charge in [-0.05, 0) is 34.1 Å². The van der Waals surface area contributed by atoms with Crippen LogP contribution in [0.5, 0.6) is 0 Å². The van der Waals surface area contributed by atoms with Crippen molar-refractivity contribution >= 4 is 103 Å². The van der Waals surface area contributed by atoms with Gasteiger partial charge in [0, 0.05) is 50.1 Å². The minimum Gasteiger partial charge on any atom is -0.780 e. The van der Waals surface area contributed by atoms with Crippen molar-refractivity contribution in [3.63, 3.8) is 0 Å². The number of aryl methyl sites for hydroxylation is 2. The molecule has 4 aromatic heterocycles. The largest absolute Gasteiger partial charge is 0.780 e. The van der Waals surface area contributed by atoms with Crippen LogP contribution in [0.1, 0.15) is 62.9 Å². The Morgan fingerprint density at radius 2 is 1.36 bits per heavy atom. The molecule has 0 spiro atoms. The first-order valence-electron chi connectivity index (χ1n) is 22.6. The average molecular weight is 1240 g/mol. The zero-order chi connectivity index (χ0) is 55.7. The maximum absolute atomic E-state index is 14.2. The molecule has 3 saturated heterocycles. The number of nitrogens with two attached hydrogens (primary N) is 1. The molecule has 76 heavy (non-hydrogen) atoms. The van der Waals surface area contributed by atoms with E-state index in [1.165, 1.54) is 44.2 Å². The minimum absolute atomic E-state index is 0.0469. The van der Waals surface area contributed by atoms with Crippen LogP contribution in [-0.4, -0.2) is 133 Å². The second-order valence-corrected chi connectivity index (χ2v) is 30.4. The predicted molar refractivity (Wildman–Crippen MR) is 278 cm³/mol. The van der Waals surface area contributed by atoms with Gasteiger partial charge in [-0.3, -0.25) is 47.6 Å². The number of fused-ring (bicyclic) bond motifs is 1. The normalized spacial score (nSPS) is 28.1. The van der Waals surface area contributed by atoms with Gasteiger partial charge < -0.3 is 100 Å². The zero-order valence-corrected chi connectivity index (χ0v) is 48.2. The summed E-state index contributed by atoms with van der Waals surface area (Å²) in [5.41, 5.74) is -1.59. The van der Waals surface area contributed by atoms with Crippen LogP contribution in [0.25, 0.3) is 11.2 Å². The molecule has 0 saturated carbocycles. The van der Waals surface area contributed by atoms with Crippen LogP contribution in [0.15, 0.2) is 42.7 Å². The number of aromatic nitrogens is 8. The van der Waals surface area contributed by atoms with Gasteiger partial charge in [0.1, 0.15) is 56.4 Å². The van der Waals surface area contributed by atoms with Crippen molar-refractivity contribution in [3.8, 4) is 0 Å². The van der Waals surface area contributed by atoms with Crippen LogP contribution in [0.4, 0.5) is 5.95 Å². The van der Waals surface area contributed by atoms with Crippen molar-refractivity contribution in [1.82, 2.24) is 38.6 Å². The number of aliphatic hydroxyl groups is 1. The summed E-state index contributed by atoms with van der Waals surface area (Å²) in [5.74, 6) is -0.203. The molecule has 30 nitrogen and oxygen atoms in total. The molecule has 0 aliphatic carbocycles. The van der Waals surface area contributed by atoms with Crippen LogP contribution in [-0.2, 0) is 120 Å². The fourth-order valence-electron chi connectivity index (χ4n) is 8.03. The Hall–Kier alpha value is -2.21. The van der Waals surface area contributed by atoms with Crippen molar-refractivity contribution < 1.29 is 74.6 Å². The predicted octanol–water partition coefficient (Wildman–Crippen LogP) is -0.468. The van der Waals surface area contributed by atoms with E-state index >= 15 is 0 Å². The zero-order valence-electron chi connectivity index (χ0n) is 40.5. The Balaban J connectivity index is 1.11. The molecule has 0 radical (unpaired) electrons. The van der Waals surface area contributed by atoms with E-state index < -0.39 is 141 Å². The molecule has 7 unspecified atom stereocenters. The maximum atomic E-state index is 14.2. The number of nitrogens with one attached hydrogen (secondary N) is 3. The third-order valence-corrected chi connectivity index (χ3v) is 18.4. The van der Waals surface area contributed by atoms with Gasteiger partial charge in [-0.2, -0.15) is 4.98 Å². The summed E-state index contributed by atoms with van der Waals surface area (Å²) in [4.78, 5) is 106. The first-order chi connectivity index (χ1) is 35.6. The van der Waals surface area contributed by atoms with Crippen LogP contribution < -0.4 is 43.6 Å². The van der Waals surface area contributed by atoms with Gasteiger partial charge >= 0.3 is 11.4 Å². The first kappa shape index (κ1) is 61.4. The van der Waals surface area contributed by atoms with Crippen molar-refractivity contribution in [2.75, 3.05) is 45.9 Å². The van der Waals surface area contributed by atoms with E-state index in [9.17, 15) is 43.4 Å². The summed E-state index contributed by atoms with van der Waals surface area (Å²) in [5, 5.41) is 9.22. The Labute approximate surface area is 456 Å². The van der Waals surface area contributed by atoms with Gasteiger partial charge in [-0.1, -0.05) is 35.4 Å². The van der Waals surface area contributed by atoms with E-state index in [1.54, 1.807) is 13.8 Å². The summed E-state index contributed by atoms with van der Waals surface area (Å²) in [6.07, 6.45) is -9.85. The highest BCUT2D eigenvalue weighted by Gasteiger charge is 2.50. The molecule has 4 aromatic rings. The lowest BCUT2D eigenvalue weighted by molar-refractivity contribution is -0.215. The number of ether oxygens (including phenoxy) is 4. The lowest BCUT2D eigenvalue weighted by Crippen LogP contribution is -2.40. The number of nitrogen functional groups attached to an aromatic ring is 1. The quantitative estimate of drug-likeness (QED) is 0.0318. The number of hydrogen-bond acceptors (Lipinski definition) is 29. The summed E-state index contributed by atoms with van der Waals surface area (Å²) in [6, 6.07) is 0. The summed E-state index contributed by atoms with van der Waals surface area (Å²) in [6.45, 7) is -9.51. The molecule has 7 rings (SSSR count). The standard InChI is InChI=1S/C37H55N9O21P4S5/c1-17(2)64-69(54,73)58-13-22-21(10-26(62-22)46-16-39-27-30(46)40-35(38)41-33(27)50)66-71(75,76)60-14-23-20(9-25(61-23)44-11-18(3)31(48)42-36(44)51)65-70(55,74)59-15-24-28(67-68(53,72)57-8-6-7-47)29(56-5)34(63-24)45-12-19(4)32(49)43-37(45)52/h11-12,16-17,20-26,28-29,34,47H,6-10,13-15H2,1-5H3,(H,53,72)(H,54,73)(H,55,74)(H,75,76)(H,42,48,51)(H,43,49,52)(H3,38,40,41,50)/p-4/t20?,21?,22-,23-,24-,25-,26-,28?,29+,34-,68?,69?,70?/m1/s1. The average Bonchev–Trinajstić information content (AvgIpc) is 4.11. The molecule has 3 fully saturated rings. The molecule has 6 N–H and O–H groups in total. The van der Waals surface area contributed by atoms with Crippen LogP contribution >= 0.6 is 25.9 Å². The first-order valence-corrected chi connectivity index (χ1v) is 33.9. The highest BCUT2D eigenvalue weighted by Crippen LogP contribution is 2.54. The number of aromatic amines is 3. The number of methoxy groups -OCH3 is 1. The summed E-state index contributed by atoms with van der Waals surface area (Å²) < 4.78 is 86.7. The monoisotopic (exact) mass is 1240 g/mol. The molecule has 7 heterocycles. The van der Waals surface area contributed by atoms with Crippen LogP contribution in [0.3, 0.4) is 0 Å². The number of anilines is 1. The molecule has 3 aliphatic rings. The summed E-state index contributed by atoms with van der Waals surface area (Å²) in [7, 11) is 1.21. The second-order valence-electron chi connectivity index (χ2n) is 17.3. The molecule has 3 aliphatic heterocycles. The van der Waals surface area contributed by atoms with E-state index in [0.717, 1.165) is 9.13 Å². The van der Waals surface area contributed by atoms with Crippen LogP contribution in [0, 0.1) is 13.8 Å². The Morgan fingerprint density at radius 1 is 0.789 bits per heavy atom.